The van der Waals surface area contributed by atoms with Crippen molar-refractivity contribution in [3.8, 4) is 0 Å². The highest BCUT2D eigenvalue weighted by Crippen LogP contribution is 2.29. The summed E-state index contributed by atoms with van der Waals surface area (Å²) < 4.78 is 5.64. The largest absolute Gasteiger partial charge is 0.481 e. The zero-order chi connectivity index (χ0) is 17.1. The highest BCUT2D eigenvalue weighted by molar-refractivity contribution is 5.69. The molecule has 1 saturated carbocycles. The Bertz CT molecular complexity index is 623. The number of aliphatic carboxylic acids is 1. The Morgan fingerprint density at radius 3 is 2.67 bits per heavy atom. The highest BCUT2D eigenvalue weighted by atomic mass is 16.6. The third-order valence-corrected chi connectivity index (χ3v) is 5.03. The molecule has 130 valence electrons. The summed E-state index contributed by atoms with van der Waals surface area (Å²) in [5.74, 6) is -0.534. The number of amides is 1. The average Bonchev–Trinajstić information content (AvgIpc) is 2.55. The van der Waals surface area contributed by atoms with E-state index in [1.54, 1.807) is 4.90 Å². The maximum atomic E-state index is 12.4. The number of nitrogens with two attached hydrogens (primary N) is 1. The fourth-order valence-electron chi connectivity index (χ4n) is 3.65. The van der Waals surface area contributed by atoms with Crippen LogP contribution < -0.4 is 5.73 Å². The molecule has 24 heavy (non-hydrogen) atoms. The van der Waals surface area contributed by atoms with Gasteiger partial charge in [-0.25, -0.2) is 4.79 Å². The van der Waals surface area contributed by atoms with Crippen molar-refractivity contribution in [1.82, 2.24) is 4.90 Å². The van der Waals surface area contributed by atoms with Crippen molar-refractivity contribution >= 4 is 17.7 Å². The molecule has 0 unspecified atom stereocenters. The first kappa shape index (κ1) is 16.6. The van der Waals surface area contributed by atoms with Gasteiger partial charge >= 0.3 is 12.1 Å². The van der Waals surface area contributed by atoms with Crippen molar-refractivity contribution in [3.63, 3.8) is 0 Å². The van der Waals surface area contributed by atoms with E-state index in [9.17, 15) is 9.59 Å². The van der Waals surface area contributed by atoms with Crippen LogP contribution in [-0.2, 0) is 22.5 Å². The number of hydrogen-bond donors (Lipinski definition) is 2. The second-order valence-electron chi connectivity index (χ2n) is 6.82. The van der Waals surface area contributed by atoms with Crippen LogP contribution in [0.15, 0.2) is 18.2 Å². The van der Waals surface area contributed by atoms with Gasteiger partial charge in [0.2, 0.25) is 0 Å². The molecule has 0 spiro atoms. The van der Waals surface area contributed by atoms with E-state index in [2.05, 4.69) is 0 Å². The van der Waals surface area contributed by atoms with Gasteiger partial charge in [-0.2, -0.15) is 0 Å². The molecule has 3 rings (SSSR count). The average molecular weight is 332 g/mol. The van der Waals surface area contributed by atoms with Gasteiger partial charge in [0, 0.05) is 25.2 Å². The lowest BCUT2D eigenvalue weighted by Crippen LogP contribution is -2.39. The van der Waals surface area contributed by atoms with Crippen molar-refractivity contribution in [3.05, 3.63) is 29.3 Å². The van der Waals surface area contributed by atoms with Crippen molar-refractivity contribution < 1.29 is 19.4 Å². The van der Waals surface area contributed by atoms with Crippen LogP contribution in [0.2, 0.25) is 0 Å². The van der Waals surface area contributed by atoms with Gasteiger partial charge in [0.1, 0.15) is 6.10 Å². The lowest BCUT2D eigenvalue weighted by molar-refractivity contribution is -0.138. The lowest BCUT2D eigenvalue weighted by atomic mass is 9.85. The Hall–Kier alpha value is -2.24. The molecule has 0 aromatic heterocycles. The third-order valence-electron chi connectivity index (χ3n) is 5.03. The summed E-state index contributed by atoms with van der Waals surface area (Å²) in [6, 6.07) is 5.81. The number of hydrogen-bond acceptors (Lipinski definition) is 4. The van der Waals surface area contributed by atoms with Crippen molar-refractivity contribution in [2.45, 2.75) is 51.2 Å². The van der Waals surface area contributed by atoms with Crippen molar-refractivity contribution in [1.29, 1.82) is 0 Å². The fraction of sp³-hybridized carbons (Fsp3) is 0.556. The molecule has 1 aliphatic carbocycles. The third kappa shape index (κ3) is 3.99. The van der Waals surface area contributed by atoms with E-state index in [1.165, 1.54) is 5.56 Å². The Kier molecular flexibility index (Phi) is 4.92. The van der Waals surface area contributed by atoms with Crippen LogP contribution in [0.25, 0.3) is 0 Å². The van der Waals surface area contributed by atoms with E-state index in [0.29, 0.717) is 13.1 Å². The molecule has 6 nitrogen and oxygen atoms in total. The minimum Gasteiger partial charge on any atom is -0.481 e. The van der Waals surface area contributed by atoms with Crippen LogP contribution in [0.4, 0.5) is 10.5 Å². The quantitative estimate of drug-likeness (QED) is 0.830. The Labute approximate surface area is 141 Å². The van der Waals surface area contributed by atoms with Crippen molar-refractivity contribution in [2.24, 2.45) is 5.92 Å². The smallest absolute Gasteiger partial charge is 0.410 e. The molecular weight excluding hydrogens is 308 g/mol. The van der Waals surface area contributed by atoms with E-state index >= 15 is 0 Å². The molecule has 1 amide bonds. The minimum absolute atomic E-state index is 0.0876. The minimum atomic E-state index is -0.747. The van der Waals surface area contributed by atoms with Crippen LogP contribution in [0.1, 0.15) is 43.2 Å². The molecular formula is C18H24N2O4. The number of carboxylic acids is 1. The second kappa shape index (κ2) is 7.11. The molecule has 3 N–H and O–H groups in total. The SMILES string of the molecule is Nc1ccc2c(c1)CCN(C(=O)OC1CCC(CC(=O)O)CC1)C2. The number of nitrogen functional groups attached to an aromatic ring is 1. The Morgan fingerprint density at radius 1 is 1.21 bits per heavy atom. The Morgan fingerprint density at radius 2 is 1.96 bits per heavy atom. The van der Waals surface area contributed by atoms with Gasteiger partial charge in [-0.3, -0.25) is 4.79 Å². The maximum absolute atomic E-state index is 12.4. The maximum Gasteiger partial charge on any atom is 0.410 e. The molecule has 0 atom stereocenters. The monoisotopic (exact) mass is 332 g/mol. The number of ether oxygens (including phenoxy) is 1. The number of benzene rings is 1. The van der Waals surface area contributed by atoms with Gasteiger partial charge in [0.25, 0.3) is 0 Å². The summed E-state index contributed by atoms with van der Waals surface area (Å²) in [6.07, 6.45) is 3.79. The van der Waals surface area contributed by atoms with Gasteiger partial charge in [-0.15, -0.1) is 0 Å². The zero-order valence-electron chi connectivity index (χ0n) is 13.7. The highest BCUT2D eigenvalue weighted by Gasteiger charge is 2.28. The van der Waals surface area contributed by atoms with Gasteiger partial charge in [0.05, 0.1) is 0 Å². The summed E-state index contributed by atoms with van der Waals surface area (Å²) in [6.45, 7) is 1.20. The first-order chi connectivity index (χ1) is 11.5. The summed E-state index contributed by atoms with van der Waals surface area (Å²) in [5.41, 5.74) is 8.88. The van der Waals surface area contributed by atoms with Gasteiger partial charge < -0.3 is 20.5 Å². The molecule has 1 aromatic rings. The van der Waals surface area contributed by atoms with Crippen LogP contribution in [-0.4, -0.2) is 34.7 Å². The van der Waals surface area contributed by atoms with E-state index in [4.69, 9.17) is 15.6 Å². The first-order valence-electron chi connectivity index (χ1n) is 8.56. The number of carbonyl (C=O) groups is 2. The molecule has 1 fully saturated rings. The fourth-order valence-corrected chi connectivity index (χ4v) is 3.65. The van der Waals surface area contributed by atoms with E-state index in [-0.39, 0.29) is 24.5 Å². The predicted octanol–water partition coefficient (Wildman–Crippen LogP) is 2.80. The number of carbonyl (C=O) groups excluding carboxylic acids is 1. The number of anilines is 1. The van der Waals surface area contributed by atoms with Crippen molar-refractivity contribution in [2.75, 3.05) is 12.3 Å². The molecule has 6 heteroatoms. The van der Waals surface area contributed by atoms with Crippen LogP contribution >= 0.6 is 0 Å². The molecule has 0 bridgehead atoms. The molecule has 0 saturated heterocycles. The van der Waals surface area contributed by atoms with Gasteiger partial charge in [0.15, 0.2) is 0 Å². The number of rotatable bonds is 3. The topological polar surface area (TPSA) is 92.9 Å². The molecule has 1 aliphatic heterocycles. The van der Waals surface area contributed by atoms with Crippen LogP contribution in [0.3, 0.4) is 0 Å². The molecule has 1 aromatic carbocycles. The number of carboxylic acid groups (broad SMARTS) is 1. The summed E-state index contributed by atoms with van der Waals surface area (Å²) >= 11 is 0. The van der Waals surface area contributed by atoms with Gasteiger partial charge in [-0.1, -0.05) is 6.07 Å². The first-order valence-corrected chi connectivity index (χ1v) is 8.56. The van der Waals surface area contributed by atoms with E-state index in [1.807, 2.05) is 18.2 Å². The van der Waals surface area contributed by atoms with Crippen LogP contribution in [0.5, 0.6) is 0 Å². The molecule has 0 radical (unpaired) electrons. The summed E-state index contributed by atoms with van der Waals surface area (Å²) in [5, 5.41) is 8.84. The normalized spacial score (nSPS) is 23.4. The standard InChI is InChI=1S/C18H24N2O4/c19-15-4-3-14-11-20(8-7-13(14)10-15)18(23)24-16-5-1-12(2-6-16)9-17(21)22/h3-4,10,12,16H,1-2,5-9,11,19H2,(H,21,22). The Balaban J connectivity index is 1.50. The second-order valence-corrected chi connectivity index (χ2v) is 6.82. The van der Waals surface area contributed by atoms with Crippen LogP contribution in [0, 0.1) is 5.92 Å². The number of nitrogens with zero attached hydrogens (tertiary/aromatic N) is 1. The van der Waals surface area contributed by atoms with E-state index in [0.717, 1.165) is 43.4 Å². The number of fused-ring (bicyclic) bond motifs is 1. The predicted molar refractivity (Wildman–Crippen MR) is 89.4 cm³/mol. The summed E-state index contributed by atoms with van der Waals surface area (Å²) in [4.78, 5) is 24.9. The van der Waals surface area contributed by atoms with E-state index < -0.39 is 5.97 Å². The molecule has 2 aliphatic rings. The van der Waals surface area contributed by atoms with Gasteiger partial charge in [-0.05, 0) is 61.3 Å². The molecule has 1 heterocycles. The lowest BCUT2D eigenvalue weighted by Gasteiger charge is -2.32. The summed E-state index contributed by atoms with van der Waals surface area (Å²) in [7, 11) is 0. The zero-order valence-corrected chi connectivity index (χ0v) is 13.7.